The molecule has 0 saturated heterocycles. The normalized spacial score (nSPS) is 14.2. The largest absolute Gasteiger partial charge is 0.493 e. The number of methoxy groups -OCH3 is 2. The van der Waals surface area contributed by atoms with E-state index in [4.69, 9.17) is 9.47 Å². The third-order valence-corrected chi connectivity index (χ3v) is 7.12. The molecule has 0 aromatic heterocycles. The number of carbonyl (C=O) groups is 2. The minimum absolute atomic E-state index is 0.00684. The van der Waals surface area contributed by atoms with Crippen LogP contribution in [0.5, 0.6) is 11.5 Å². The fraction of sp³-hybridized carbons (Fsp3) is 0.333. The standard InChI is InChI=1S/C30H33N3O6/c1-20-9-7-8-12-25(20)30(35)32(24-17-18-26(38-2)27(19-24)39-3)28(21-13-15-23(16-14-21)33(36)37)29(34)31-22-10-5-4-6-11-22/h7-9,12-19,22,28H,4-6,10-11H2,1-3H3,(H,31,34). The van der Waals surface area contributed by atoms with Crippen LogP contribution in [0.4, 0.5) is 11.4 Å². The average molecular weight is 532 g/mol. The van der Waals surface area contributed by atoms with Crippen molar-refractivity contribution in [2.24, 2.45) is 0 Å². The van der Waals surface area contributed by atoms with Crippen molar-refractivity contribution in [3.05, 3.63) is 93.5 Å². The number of hydrogen-bond acceptors (Lipinski definition) is 6. The number of nitrogens with one attached hydrogen (secondary N) is 1. The lowest BCUT2D eigenvalue weighted by molar-refractivity contribution is -0.384. The number of nitro benzene ring substituents is 1. The number of rotatable bonds is 9. The highest BCUT2D eigenvalue weighted by molar-refractivity contribution is 6.11. The highest BCUT2D eigenvalue weighted by Crippen LogP contribution is 2.37. The van der Waals surface area contributed by atoms with Gasteiger partial charge < -0.3 is 14.8 Å². The first-order chi connectivity index (χ1) is 18.8. The van der Waals surface area contributed by atoms with Crippen LogP contribution in [0, 0.1) is 17.0 Å². The van der Waals surface area contributed by atoms with Gasteiger partial charge in [0.25, 0.3) is 11.6 Å². The maximum atomic E-state index is 14.3. The predicted octanol–water partition coefficient (Wildman–Crippen LogP) is 5.76. The molecule has 1 atom stereocenters. The Hall–Kier alpha value is -4.40. The zero-order valence-electron chi connectivity index (χ0n) is 22.4. The molecule has 9 heteroatoms. The number of aryl methyl sites for hydroxylation is 1. The molecule has 1 unspecified atom stereocenters. The van der Waals surface area contributed by atoms with E-state index >= 15 is 0 Å². The Balaban J connectivity index is 1.88. The number of nitro groups is 1. The highest BCUT2D eigenvalue weighted by atomic mass is 16.6. The van der Waals surface area contributed by atoms with Crippen LogP contribution < -0.4 is 19.7 Å². The number of benzene rings is 3. The van der Waals surface area contributed by atoms with Crippen molar-refractivity contribution >= 4 is 23.2 Å². The van der Waals surface area contributed by atoms with Crippen LogP contribution in [-0.2, 0) is 4.79 Å². The van der Waals surface area contributed by atoms with Gasteiger partial charge in [0.1, 0.15) is 6.04 Å². The van der Waals surface area contributed by atoms with E-state index in [1.165, 1.54) is 43.4 Å². The smallest absolute Gasteiger partial charge is 0.269 e. The Labute approximate surface area is 227 Å². The van der Waals surface area contributed by atoms with Gasteiger partial charge >= 0.3 is 0 Å². The Kier molecular flexibility index (Phi) is 8.81. The maximum Gasteiger partial charge on any atom is 0.269 e. The molecule has 1 aliphatic rings. The summed E-state index contributed by atoms with van der Waals surface area (Å²) in [5, 5.41) is 14.5. The van der Waals surface area contributed by atoms with Crippen molar-refractivity contribution in [2.75, 3.05) is 19.1 Å². The fourth-order valence-electron chi connectivity index (χ4n) is 5.02. The van der Waals surface area contributed by atoms with Crippen molar-refractivity contribution < 1.29 is 24.0 Å². The van der Waals surface area contributed by atoms with Gasteiger partial charge in [-0.25, -0.2) is 0 Å². The molecule has 3 aromatic carbocycles. The van der Waals surface area contributed by atoms with Crippen molar-refractivity contribution in [2.45, 2.75) is 51.1 Å². The molecule has 1 saturated carbocycles. The Bertz CT molecular complexity index is 1330. The van der Waals surface area contributed by atoms with Crippen molar-refractivity contribution in [3.8, 4) is 11.5 Å². The Morgan fingerprint density at radius 2 is 1.62 bits per heavy atom. The summed E-state index contributed by atoms with van der Waals surface area (Å²) >= 11 is 0. The first-order valence-corrected chi connectivity index (χ1v) is 13.0. The van der Waals surface area contributed by atoms with Crippen LogP contribution >= 0.6 is 0 Å². The lowest BCUT2D eigenvalue weighted by atomic mass is 9.94. The minimum atomic E-state index is -1.10. The molecule has 39 heavy (non-hydrogen) atoms. The average Bonchev–Trinajstić information content (AvgIpc) is 2.96. The van der Waals surface area contributed by atoms with Gasteiger partial charge in [0.15, 0.2) is 11.5 Å². The van der Waals surface area contributed by atoms with Gasteiger partial charge in [-0.1, -0.05) is 37.5 Å². The zero-order valence-corrected chi connectivity index (χ0v) is 22.4. The molecule has 0 spiro atoms. The van der Waals surface area contributed by atoms with Crippen molar-refractivity contribution in [1.29, 1.82) is 0 Å². The number of hydrogen-bond donors (Lipinski definition) is 1. The molecule has 0 radical (unpaired) electrons. The topological polar surface area (TPSA) is 111 Å². The van der Waals surface area contributed by atoms with Crippen LogP contribution in [0.2, 0.25) is 0 Å². The van der Waals surface area contributed by atoms with Gasteiger partial charge in [-0.2, -0.15) is 0 Å². The van der Waals surface area contributed by atoms with Crippen LogP contribution in [0.1, 0.15) is 59.6 Å². The monoisotopic (exact) mass is 531 g/mol. The molecule has 9 nitrogen and oxygen atoms in total. The minimum Gasteiger partial charge on any atom is -0.493 e. The molecule has 3 aromatic rings. The molecule has 4 rings (SSSR count). The van der Waals surface area contributed by atoms with E-state index in [1.54, 1.807) is 30.3 Å². The van der Waals surface area contributed by atoms with E-state index in [1.807, 2.05) is 19.1 Å². The lowest BCUT2D eigenvalue weighted by Gasteiger charge is -2.34. The zero-order chi connectivity index (χ0) is 27.9. The number of nitrogens with zero attached hydrogens (tertiary/aromatic N) is 2. The first kappa shape index (κ1) is 27.6. The summed E-state index contributed by atoms with van der Waals surface area (Å²) < 4.78 is 10.9. The molecule has 1 N–H and O–H groups in total. The second-order valence-electron chi connectivity index (χ2n) is 9.62. The van der Waals surface area contributed by atoms with Crippen LogP contribution in [0.3, 0.4) is 0 Å². The van der Waals surface area contributed by atoms with Gasteiger partial charge in [0.05, 0.1) is 19.1 Å². The number of anilines is 1. The molecular weight excluding hydrogens is 498 g/mol. The van der Waals surface area contributed by atoms with E-state index in [0.717, 1.165) is 37.7 Å². The number of non-ortho nitro benzene ring substituents is 1. The van der Waals surface area contributed by atoms with Crippen LogP contribution in [0.25, 0.3) is 0 Å². The summed E-state index contributed by atoms with van der Waals surface area (Å²) in [4.78, 5) is 40.6. The molecule has 0 bridgehead atoms. The number of amides is 2. The Morgan fingerprint density at radius 3 is 2.23 bits per heavy atom. The second-order valence-corrected chi connectivity index (χ2v) is 9.62. The molecule has 1 fully saturated rings. The summed E-state index contributed by atoms with van der Waals surface area (Å²) in [6, 6.07) is 16.9. The van der Waals surface area contributed by atoms with Gasteiger partial charge in [0.2, 0.25) is 5.91 Å². The fourth-order valence-corrected chi connectivity index (χ4v) is 5.02. The van der Waals surface area contributed by atoms with E-state index in [-0.39, 0.29) is 23.5 Å². The number of ether oxygens (including phenoxy) is 2. The lowest BCUT2D eigenvalue weighted by Crippen LogP contribution is -2.47. The highest BCUT2D eigenvalue weighted by Gasteiger charge is 2.35. The summed E-state index contributed by atoms with van der Waals surface area (Å²) in [6.07, 6.45) is 4.90. The van der Waals surface area contributed by atoms with Crippen LogP contribution in [-0.4, -0.2) is 37.0 Å². The summed E-state index contributed by atoms with van der Waals surface area (Å²) in [5.41, 5.74) is 1.95. The first-order valence-electron chi connectivity index (χ1n) is 13.0. The number of carbonyl (C=O) groups excluding carboxylic acids is 2. The molecule has 0 aliphatic heterocycles. The summed E-state index contributed by atoms with van der Waals surface area (Å²) in [6.45, 7) is 1.84. The van der Waals surface area contributed by atoms with Crippen molar-refractivity contribution in [1.82, 2.24) is 5.32 Å². The second kappa shape index (κ2) is 12.4. The quantitative estimate of drug-likeness (QED) is 0.278. The van der Waals surface area contributed by atoms with Gasteiger partial charge in [-0.05, 0) is 61.2 Å². The van der Waals surface area contributed by atoms with Crippen LogP contribution in [0.15, 0.2) is 66.7 Å². The van der Waals surface area contributed by atoms with E-state index < -0.39 is 11.0 Å². The molecule has 1 aliphatic carbocycles. The summed E-state index contributed by atoms with van der Waals surface area (Å²) in [7, 11) is 3.02. The van der Waals surface area contributed by atoms with Crippen molar-refractivity contribution in [3.63, 3.8) is 0 Å². The molecule has 204 valence electrons. The molecule has 2 amide bonds. The van der Waals surface area contributed by atoms with E-state index in [0.29, 0.717) is 28.3 Å². The van der Waals surface area contributed by atoms with Gasteiger partial charge in [0, 0.05) is 35.5 Å². The molecular formula is C30H33N3O6. The SMILES string of the molecule is COc1ccc(N(C(=O)c2ccccc2C)C(C(=O)NC2CCCCC2)c2ccc([N+](=O)[O-])cc2)cc1OC. The van der Waals surface area contributed by atoms with Gasteiger partial charge in [-0.3, -0.25) is 24.6 Å². The third-order valence-electron chi connectivity index (χ3n) is 7.12. The molecule has 0 heterocycles. The summed E-state index contributed by atoms with van der Waals surface area (Å²) in [5.74, 6) is 0.130. The Morgan fingerprint density at radius 1 is 0.949 bits per heavy atom. The maximum absolute atomic E-state index is 14.3. The van der Waals surface area contributed by atoms with E-state index in [9.17, 15) is 19.7 Å². The van der Waals surface area contributed by atoms with Gasteiger partial charge in [-0.15, -0.1) is 0 Å². The van der Waals surface area contributed by atoms with E-state index in [2.05, 4.69) is 5.32 Å². The predicted molar refractivity (Wildman–Crippen MR) is 148 cm³/mol. The third kappa shape index (κ3) is 6.19.